The quantitative estimate of drug-likeness (QED) is 0.185. The van der Waals surface area contributed by atoms with Gasteiger partial charge in [0.05, 0.1) is 5.69 Å². The molecule has 0 radical (unpaired) electrons. The maximum atomic E-state index is 6.65. The fraction of sp³-hybridized carbons (Fsp3) is 0. The van der Waals surface area contributed by atoms with Gasteiger partial charge in [0.25, 0.3) is 0 Å². The Kier molecular flexibility index (Phi) is 6.84. The smallest absolute Gasteiger partial charge is 0.159 e. The summed E-state index contributed by atoms with van der Waals surface area (Å²) in [5.74, 6) is 0. The minimum absolute atomic E-state index is 0.864. The second kappa shape index (κ2) is 11.8. The Labute approximate surface area is 279 Å². The molecule has 0 spiro atoms. The summed E-state index contributed by atoms with van der Waals surface area (Å²) in [5, 5.41) is 4.68. The van der Waals surface area contributed by atoms with Crippen molar-refractivity contribution in [3.05, 3.63) is 188 Å². The summed E-state index contributed by atoms with van der Waals surface area (Å²) in [6.45, 7) is 0. The van der Waals surface area contributed by atoms with Gasteiger partial charge in [0, 0.05) is 22.1 Å². The first kappa shape index (κ1) is 27.9. The summed E-state index contributed by atoms with van der Waals surface area (Å²) >= 11 is 0. The zero-order chi connectivity index (χ0) is 31.9. The van der Waals surface area contributed by atoms with Crippen LogP contribution in [0.4, 0.5) is 17.1 Å². The lowest BCUT2D eigenvalue weighted by molar-refractivity contribution is 0.669. The van der Waals surface area contributed by atoms with Gasteiger partial charge in [-0.05, 0) is 80.6 Å². The van der Waals surface area contributed by atoms with Gasteiger partial charge in [-0.25, -0.2) is 0 Å². The van der Waals surface area contributed by atoms with Crippen molar-refractivity contribution in [2.75, 3.05) is 4.90 Å². The summed E-state index contributed by atoms with van der Waals surface area (Å²) in [6.07, 6.45) is 0. The zero-order valence-electron chi connectivity index (χ0n) is 26.3. The van der Waals surface area contributed by atoms with Crippen LogP contribution in [0.25, 0.3) is 66.1 Å². The van der Waals surface area contributed by atoms with Crippen molar-refractivity contribution in [3.8, 4) is 33.4 Å². The molecule has 8 aromatic carbocycles. The molecule has 0 aliphatic heterocycles. The Morgan fingerprint density at radius 3 is 1.79 bits per heavy atom. The van der Waals surface area contributed by atoms with Gasteiger partial charge in [-0.2, -0.15) is 0 Å². The standard InChI is InChI=1S/C46H31NO/c1-3-14-32(15-4-1)40-29-28-37(31-43(40)34-16-5-2-6-17-34)47(44-26-13-25-42-41-23-9-10-27-45(41)48-46(42)44)36-21-11-20-35(30-36)39-24-12-19-33-18-7-8-22-38(33)39/h1-31H. The molecular formula is C46H31NO. The lowest BCUT2D eigenvalue weighted by atomic mass is 9.93. The minimum Gasteiger partial charge on any atom is -0.454 e. The van der Waals surface area contributed by atoms with Gasteiger partial charge < -0.3 is 9.32 Å². The van der Waals surface area contributed by atoms with Gasteiger partial charge in [-0.1, -0.05) is 152 Å². The van der Waals surface area contributed by atoms with Crippen LogP contribution in [0.5, 0.6) is 0 Å². The summed E-state index contributed by atoms with van der Waals surface area (Å²) in [7, 11) is 0. The largest absolute Gasteiger partial charge is 0.454 e. The Bertz CT molecular complexity index is 2560. The van der Waals surface area contributed by atoms with Gasteiger partial charge in [0.2, 0.25) is 0 Å². The van der Waals surface area contributed by atoms with Crippen LogP contribution in [-0.4, -0.2) is 0 Å². The third-order valence-electron chi connectivity index (χ3n) is 9.26. The van der Waals surface area contributed by atoms with E-state index in [9.17, 15) is 0 Å². The molecule has 0 unspecified atom stereocenters. The van der Waals surface area contributed by atoms with Gasteiger partial charge in [-0.3, -0.25) is 0 Å². The van der Waals surface area contributed by atoms with Crippen molar-refractivity contribution >= 4 is 49.8 Å². The van der Waals surface area contributed by atoms with E-state index in [0.29, 0.717) is 0 Å². The summed E-state index contributed by atoms with van der Waals surface area (Å²) < 4.78 is 6.65. The third-order valence-corrected chi connectivity index (χ3v) is 9.26. The lowest BCUT2D eigenvalue weighted by Gasteiger charge is -2.27. The molecule has 226 valence electrons. The van der Waals surface area contributed by atoms with Crippen molar-refractivity contribution in [1.82, 2.24) is 0 Å². The zero-order valence-corrected chi connectivity index (χ0v) is 26.3. The second-order valence-electron chi connectivity index (χ2n) is 12.1. The topological polar surface area (TPSA) is 16.4 Å². The van der Waals surface area contributed by atoms with E-state index < -0.39 is 0 Å². The molecule has 1 heterocycles. The molecule has 2 nitrogen and oxygen atoms in total. The first-order valence-electron chi connectivity index (χ1n) is 16.4. The Hall–Kier alpha value is -6.38. The minimum atomic E-state index is 0.864. The number of nitrogens with zero attached hydrogens (tertiary/aromatic N) is 1. The number of hydrogen-bond acceptors (Lipinski definition) is 2. The molecule has 9 aromatic rings. The third kappa shape index (κ3) is 4.83. The van der Waals surface area contributed by atoms with Crippen molar-refractivity contribution in [1.29, 1.82) is 0 Å². The van der Waals surface area contributed by atoms with Crippen molar-refractivity contribution < 1.29 is 4.42 Å². The molecule has 0 fully saturated rings. The van der Waals surface area contributed by atoms with E-state index in [-0.39, 0.29) is 0 Å². The number of para-hydroxylation sites is 2. The molecule has 0 saturated carbocycles. The number of furan rings is 1. The SMILES string of the molecule is c1ccc(-c2ccc(N(c3cccc(-c4cccc5ccccc45)c3)c3cccc4c3oc3ccccc34)cc2-c2ccccc2)cc1. The van der Waals surface area contributed by atoms with Crippen molar-refractivity contribution in [2.45, 2.75) is 0 Å². The molecule has 0 amide bonds. The van der Waals surface area contributed by atoms with E-state index in [2.05, 4.69) is 181 Å². The van der Waals surface area contributed by atoms with Gasteiger partial charge >= 0.3 is 0 Å². The van der Waals surface area contributed by atoms with Crippen molar-refractivity contribution in [3.63, 3.8) is 0 Å². The fourth-order valence-electron chi connectivity index (χ4n) is 7.02. The van der Waals surface area contributed by atoms with E-state index in [0.717, 1.165) is 44.6 Å². The number of fused-ring (bicyclic) bond motifs is 4. The van der Waals surface area contributed by atoms with Crippen LogP contribution < -0.4 is 4.90 Å². The van der Waals surface area contributed by atoms with Crippen LogP contribution in [0.3, 0.4) is 0 Å². The molecule has 0 aliphatic carbocycles. The normalized spacial score (nSPS) is 11.3. The van der Waals surface area contributed by atoms with Crippen LogP contribution in [0.15, 0.2) is 192 Å². The highest BCUT2D eigenvalue weighted by Gasteiger charge is 2.21. The van der Waals surface area contributed by atoms with E-state index >= 15 is 0 Å². The van der Waals surface area contributed by atoms with Crippen LogP contribution in [0, 0.1) is 0 Å². The van der Waals surface area contributed by atoms with E-state index in [1.165, 1.54) is 38.6 Å². The molecule has 0 atom stereocenters. The summed E-state index contributed by atoms with van der Waals surface area (Å²) in [6, 6.07) is 66.9. The molecule has 0 bridgehead atoms. The molecule has 2 heteroatoms. The van der Waals surface area contributed by atoms with Crippen LogP contribution in [0.2, 0.25) is 0 Å². The molecular weight excluding hydrogens is 583 g/mol. The first-order chi connectivity index (χ1) is 23.8. The highest BCUT2D eigenvalue weighted by atomic mass is 16.3. The van der Waals surface area contributed by atoms with Gasteiger partial charge in [-0.15, -0.1) is 0 Å². The van der Waals surface area contributed by atoms with E-state index in [4.69, 9.17) is 4.42 Å². The number of hydrogen-bond donors (Lipinski definition) is 0. The van der Waals surface area contributed by atoms with E-state index in [1.54, 1.807) is 0 Å². The maximum Gasteiger partial charge on any atom is 0.159 e. The monoisotopic (exact) mass is 613 g/mol. The molecule has 0 aliphatic rings. The second-order valence-corrected chi connectivity index (χ2v) is 12.1. The molecule has 9 rings (SSSR count). The molecule has 0 N–H and O–H groups in total. The van der Waals surface area contributed by atoms with E-state index in [1.807, 2.05) is 12.1 Å². The fourth-order valence-corrected chi connectivity index (χ4v) is 7.02. The predicted molar refractivity (Wildman–Crippen MR) is 202 cm³/mol. The highest BCUT2D eigenvalue weighted by molar-refractivity contribution is 6.10. The predicted octanol–water partition coefficient (Wildman–Crippen LogP) is 13.2. The Morgan fingerprint density at radius 1 is 0.354 bits per heavy atom. The highest BCUT2D eigenvalue weighted by Crippen LogP contribution is 2.45. The molecule has 1 aromatic heterocycles. The average molecular weight is 614 g/mol. The Balaban J connectivity index is 1.30. The van der Waals surface area contributed by atoms with Crippen LogP contribution >= 0.6 is 0 Å². The number of benzene rings is 8. The number of rotatable bonds is 6. The van der Waals surface area contributed by atoms with Gasteiger partial charge in [0.15, 0.2) is 5.58 Å². The van der Waals surface area contributed by atoms with Crippen LogP contribution in [-0.2, 0) is 0 Å². The Morgan fingerprint density at radius 2 is 0.958 bits per heavy atom. The van der Waals surface area contributed by atoms with Crippen molar-refractivity contribution in [2.24, 2.45) is 0 Å². The maximum absolute atomic E-state index is 6.65. The summed E-state index contributed by atoms with van der Waals surface area (Å²) in [4.78, 5) is 2.35. The number of anilines is 3. The van der Waals surface area contributed by atoms with Crippen LogP contribution in [0.1, 0.15) is 0 Å². The first-order valence-corrected chi connectivity index (χ1v) is 16.4. The molecule has 0 saturated heterocycles. The summed E-state index contributed by atoms with van der Waals surface area (Å²) in [5.41, 5.74) is 11.9. The lowest BCUT2D eigenvalue weighted by Crippen LogP contribution is -2.10. The average Bonchev–Trinajstić information content (AvgIpc) is 3.55. The van der Waals surface area contributed by atoms with Gasteiger partial charge in [0.1, 0.15) is 5.58 Å². The molecule has 48 heavy (non-hydrogen) atoms.